The van der Waals surface area contributed by atoms with Crippen molar-refractivity contribution in [3.05, 3.63) is 83.9 Å². The van der Waals surface area contributed by atoms with Crippen LogP contribution in [0.25, 0.3) is 0 Å². The van der Waals surface area contributed by atoms with Gasteiger partial charge in [0.05, 0.1) is 19.6 Å². The van der Waals surface area contributed by atoms with E-state index in [1.807, 2.05) is 13.8 Å². The van der Waals surface area contributed by atoms with Gasteiger partial charge in [0.1, 0.15) is 0 Å². The molecule has 5 rings (SSSR count). The number of rotatable bonds is 12. The molecular weight excluding hydrogens is 697 g/mol. The fourth-order valence-corrected chi connectivity index (χ4v) is 11.5. The number of hydrogen-bond donors (Lipinski definition) is 4. The third kappa shape index (κ3) is 8.90. The third-order valence-electron chi connectivity index (χ3n) is 8.85. The van der Waals surface area contributed by atoms with Crippen LogP contribution in [0.15, 0.2) is 92.4 Å². The zero-order chi connectivity index (χ0) is 34.7. The molecule has 0 spiro atoms. The summed E-state index contributed by atoms with van der Waals surface area (Å²) >= 11 is 0. The van der Waals surface area contributed by atoms with Crippen LogP contribution in [0, 0.1) is 13.8 Å². The maximum Gasteiger partial charge on any atom is 0.240 e. The van der Waals surface area contributed by atoms with Crippen LogP contribution in [0.5, 0.6) is 0 Å². The number of benzene rings is 3. The molecule has 2 saturated carbocycles. The molecule has 4 atom stereocenters. The van der Waals surface area contributed by atoms with Gasteiger partial charge in [-0.25, -0.2) is 52.6 Å². The zero-order valence-corrected chi connectivity index (χ0v) is 30.1. The molecule has 48 heavy (non-hydrogen) atoms. The average molecular weight is 739 g/mol. The average Bonchev–Trinajstić information content (AvgIpc) is 3.03. The van der Waals surface area contributed by atoms with Crippen molar-refractivity contribution in [2.75, 3.05) is 0 Å². The fourth-order valence-electron chi connectivity index (χ4n) is 6.14. The van der Waals surface area contributed by atoms with Crippen molar-refractivity contribution in [3.63, 3.8) is 0 Å². The lowest BCUT2D eigenvalue weighted by atomic mass is 9.92. The van der Waals surface area contributed by atoms with E-state index in [2.05, 4.69) is 18.9 Å². The van der Waals surface area contributed by atoms with Crippen LogP contribution in [-0.4, -0.2) is 57.8 Å². The largest absolute Gasteiger partial charge is 0.240 e. The quantitative estimate of drug-likeness (QED) is 0.218. The van der Waals surface area contributed by atoms with E-state index in [9.17, 15) is 33.7 Å². The minimum Gasteiger partial charge on any atom is -0.207 e. The maximum atomic E-state index is 13.6. The summed E-state index contributed by atoms with van der Waals surface area (Å²) in [4.78, 5) is -0.435. The summed E-state index contributed by atoms with van der Waals surface area (Å²) in [5, 5.41) is 0. The van der Waals surface area contributed by atoms with Gasteiger partial charge >= 0.3 is 0 Å². The van der Waals surface area contributed by atoms with E-state index in [1.165, 1.54) is 42.5 Å². The molecule has 16 heteroatoms. The summed E-state index contributed by atoms with van der Waals surface area (Å²) in [7, 11) is -16.4. The highest BCUT2D eigenvalue weighted by molar-refractivity contribution is 7.90. The predicted octanol–water partition coefficient (Wildman–Crippen LogP) is 3.44. The topological polar surface area (TPSA) is 185 Å². The van der Waals surface area contributed by atoms with Gasteiger partial charge in [0.15, 0.2) is 0 Å². The highest BCUT2D eigenvalue weighted by Crippen LogP contribution is 2.26. The van der Waals surface area contributed by atoms with E-state index < -0.39 is 64.3 Å². The molecule has 3 aromatic rings. The van der Waals surface area contributed by atoms with Gasteiger partial charge in [-0.2, -0.15) is 0 Å². The number of aryl methyl sites for hydroxylation is 2. The second kappa shape index (κ2) is 14.6. The van der Waals surface area contributed by atoms with Gasteiger partial charge in [-0.05, 0) is 82.0 Å². The molecule has 262 valence electrons. The Balaban J connectivity index is 1.31. The van der Waals surface area contributed by atoms with E-state index in [1.54, 1.807) is 24.3 Å². The first kappa shape index (κ1) is 36.6. The molecule has 0 aromatic heterocycles. The van der Waals surface area contributed by atoms with Gasteiger partial charge in [0.25, 0.3) is 0 Å². The summed E-state index contributed by atoms with van der Waals surface area (Å²) in [5.41, 5.74) is 1.80. The van der Waals surface area contributed by atoms with Crippen LogP contribution >= 0.6 is 0 Å². The maximum absolute atomic E-state index is 13.6. The monoisotopic (exact) mass is 738 g/mol. The van der Waals surface area contributed by atoms with Crippen LogP contribution in [0.4, 0.5) is 0 Å². The second-order valence-electron chi connectivity index (χ2n) is 12.6. The summed E-state index contributed by atoms with van der Waals surface area (Å²) in [6.45, 7) is 3.69. The van der Waals surface area contributed by atoms with Crippen molar-refractivity contribution in [3.8, 4) is 0 Å². The predicted molar refractivity (Wildman–Crippen MR) is 182 cm³/mol. The molecule has 0 heterocycles. The van der Waals surface area contributed by atoms with E-state index in [0.29, 0.717) is 51.4 Å². The molecule has 12 nitrogen and oxygen atoms in total. The van der Waals surface area contributed by atoms with Crippen LogP contribution < -0.4 is 18.9 Å². The Kier molecular flexibility index (Phi) is 11.2. The molecule has 3 aromatic carbocycles. The van der Waals surface area contributed by atoms with Crippen molar-refractivity contribution in [2.45, 2.75) is 109 Å². The van der Waals surface area contributed by atoms with Crippen LogP contribution in [-0.2, 0) is 40.1 Å². The van der Waals surface area contributed by atoms with Crippen LogP contribution in [0.2, 0.25) is 0 Å². The highest BCUT2D eigenvalue weighted by Gasteiger charge is 2.35. The molecule has 0 unspecified atom stereocenters. The molecule has 2 fully saturated rings. The van der Waals surface area contributed by atoms with Crippen LogP contribution in [0.3, 0.4) is 0 Å². The summed E-state index contributed by atoms with van der Waals surface area (Å²) in [6, 6.07) is 14.7. The summed E-state index contributed by atoms with van der Waals surface area (Å²) in [5.74, 6) is 0. The third-order valence-corrected chi connectivity index (χ3v) is 14.8. The standard InChI is InChI=1S/C32H42N4O8S4/c1-23-14-18-25(19-15-23)45(37,38)33-29-10-3-5-12-31(29)35-47(41,42)27-8-7-9-28(22-27)48(43,44)36-32-13-6-4-11-30(32)34-46(39,40)26-20-16-24(2)17-21-26/h7-9,14-22,29-36H,3-6,10-13H2,1-2H3/t29-,30-,31-,32-/m1/s1. The van der Waals surface area contributed by atoms with Crippen molar-refractivity contribution < 1.29 is 33.7 Å². The Morgan fingerprint density at radius 1 is 0.417 bits per heavy atom. The summed E-state index contributed by atoms with van der Waals surface area (Å²) in [6.07, 6.45) is 4.42. The van der Waals surface area contributed by atoms with Crippen molar-refractivity contribution in [1.29, 1.82) is 0 Å². The Morgan fingerprint density at radius 3 is 0.979 bits per heavy atom. The van der Waals surface area contributed by atoms with Gasteiger partial charge in [-0.3, -0.25) is 0 Å². The molecular formula is C32H42N4O8S4. The normalized spacial score (nSPS) is 22.7. The minimum atomic E-state index is -4.27. The van der Waals surface area contributed by atoms with Crippen molar-refractivity contribution >= 4 is 40.1 Å². The first-order chi connectivity index (χ1) is 22.6. The number of sulfonamides is 4. The molecule has 0 radical (unpaired) electrons. The lowest BCUT2D eigenvalue weighted by Crippen LogP contribution is -2.53. The van der Waals surface area contributed by atoms with Crippen LogP contribution in [0.1, 0.15) is 62.5 Å². The van der Waals surface area contributed by atoms with E-state index in [0.717, 1.165) is 17.2 Å². The lowest BCUT2D eigenvalue weighted by molar-refractivity contribution is 0.340. The van der Waals surface area contributed by atoms with Gasteiger partial charge in [0, 0.05) is 24.2 Å². The molecule has 0 saturated heterocycles. The van der Waals surface area contributed by atoms with Gasteiger partial charge in [-0.1, -0.05) is 67.1 Å². The summed E-state index contributed by atoms with van der Waals surface area (Å²) < 4.78 is 117. The van der Waals surface area contributed by atoms with Crippen molar-refractivity contribution in [2.24, 2.45) is 0 Å². The molecule has 4 N–H and O–H groups in total. The smallest absolute Gasteiger partial charge is 0.207 e. The Bertz CT molecular complexity index is 1890. The molecule has 0 bridgehead atoms. The van der Waals surface area contributed by atoms with Gasteiger partial charge in [0.2, 0.25) is 40.1 Å². The molecule has 2 aliphatic carbocycles. The first-order valence-electron chi connectivity index (χ1n) is 15.9. The second-order valence-corrected chi connectivity index (χ2v) is 19.4. The molecule has 0 aliphatic heterocycles. The van der Waals surface area contributed by atoms with E-state index >= 15 is 0 Å². The Hall–Kier alpha value is -2.70. The number of nitrogens with one attached hydrogen (secondary N) is 4. The molecule has 2 aliphatic rings. The lowest BCUT2D eigenvalue weighted by Gasteiger charge is -2.32. The molecule has 0 amide bonds. The van der Waals surface area contributed by atoms with E-state index in [-0.39, 0.29) is 19.6 Å². The van der Waals surface area contributed by atoms with E-state index in [4.69, 9.17) is 0 Å². The zero-order valence-electron chi connectivity index (χ0n) is 26.8. The Morgan fingerprint density at radius 2 is 0.688 bits per heavy atom. The minimum absolute atomic E-state index is 0.0776. The highest BCUT2D eigenvalue weighted by atomic mass is 32.2. The van der Waals surface area contributed by atoms with Crippen molar-refractivity contribution in [1.82, 2.24) is 18.9 Å². The van der Waals surface area contributed by atoms with Gasteiger partial charge < -0.3 is 0 Å². The number of hydrogen-bond acceptors (Lipinski definition) is 8. The SMILES string of the molecule is Cc1ccc(S(=O)(=O)N[C@@H]2CCCC[C@H]2NS(=O)(=O)c2cccc(S(=O)(=O)N[C@@H]3CCCC[C@H]3NS(=O)(=O)c3ccc(C)cc3)c2)cc1. The fraction of sp³-hybridized carbons (Fsp3) is 0.438. The first-order valence-corrected chi connectivity index (χ1v) is 21.8. The Labute approximate surface area is 284 Å². The van der Waals surface area contributed by atoms with Gasteiger partial charge in [-0.15, -0.1) is 0 Å².